The van der Waals surface area contributed by atoms with Gasteiger partial charge in [-0.25, -0.2) is 8.78 Å². The maximum absolute atomic E-state index is 12.3. The molecule has 1 radical (unpaired) electrons. The lowest BCUT2D eigenvalue weighted by molar-refractivity contribution is -0.105. The zero-order chi connectivity index (χ0) is 8.27. The first-order valence-corrected chi connectivity index (χ1v) is 2.81. The molecule has 57 valence electrons. The van der Waals surface area contributed by atoms with Gasteiger partial charge in [-0.05, 0) is 12.1 Å². The molecule has 0 aromatic heterocycles. The monoisotopic (exact) mass is 156 g/mol. The number of anilines is 1. The Morgan fingerprint density at radius 2 is 1.91 bits per heavy atom. The van der Waals surface area contributed by atoms with Crippen LogP contribution in [0.15, 0.2) is 12.1 Å². The molecule has 0 spiro atoms. The predicted molar refractivity (Wildman–Crippen MR) is 34.9 cm³/mol. The van der Waals surface area contributed by atoms with E-state index in [0.29, 0.717) is 6.41 Å². The normalized spacial score (nSPS) is 9.27. The standard InChI is InChI=1S/C7H4F2NO/c8-5-1-6(9)3-7(2-5)10-4-11/h2-4H,(H,10,11). The average molecular weight is 156 g/mol. The first-order chi connectivity index (χ1) is 5.22. The van der Waals surface area contributed by atoms with E-state index in [9.17, 15) is 13.6 Å². The van der Waals surface area contributed by atoms with E-state index in [-0.39, 0.29) is 5.69 Å². The molecular formula is C7H4F2NO. The number of benzene rings is 1. The summed E-state index contributed by atoms with van der Waals surface area (Å²) < 4.78 is 24.6. The summed E-state index contributed by atoms with van der Waals surface area (Å²) in [6, 6.07) is 3.72. The molecular weight excluding hydrogens is 152 g/mol. The van der Waals surface area contributed by atoms with Gasteiger partial charge in [-0.2, -0.15) is 0 Å². The van der Waals surface area contributed by atoms with Gasteiger partial charge >= 0.3 is 0 Å². The van der Waals surface area contributed by atoms with Crippen LogP contribution >= 0.6 is 0 Å². The fourth-order valence-electron chi connectivity index (χ4n) is 0.652. The minimum Gasteiger partial charge on any atom is -0.328 e. The van der Waals surface area contributed by atoms with Crippen LogP contribution in [0.4, 0.5) is 14.5 Å². The summed E-state index contributed by atoms with van der Waals surface area (Å²) in [4.78, 5) is 9.83. The number of hydrogen-bond donors (Lipinski definition) is 1. The molecule has 0 bridgehead atoms. The molecule has 0 atom stereocenters. The van der Waals surface area contributed by atoms with Crippen LogP contribution in [0.25, 0.3) is 0 Å². The fourth-order valence-corrected chi connectivity index (χ4v) is 0.652. The second-order valence-corrected chi connectivity index (χ2v) is 1.83. The summed E-state index contributed by atoms with van der Waals surface area (Å²) in [5.41, 5.74) is 0.0775. The molecule has 0 fully saturated rings. The third kappa shape index (κ3) is 2.00. The lowest BCUT2D eigenvalue weighted by Crippen LogP contribution is -1.95. The number of carbonyl (C=O) groups is 1. The summed E-state index contributed by atoms with van der Waals surface area (Å²) in [6.45, 7) is 0. The number of carbonyl (C=O) groups excluding carboxylic acids is 1. The highest BCUT2D eigenvalue weighted by atomic mass is 19.1. The van der Waals surface area contributed by atoms with Crippen LogP contribution in [0.5, 0.6) is 0 Å². The molecule has 0 heterocycles. The molecule has 0 saturated carbocycles. The predicted octanol–water partition coefficient (Wildman–Crippen LogP) is 1.33. The van der Waals surface area contributed by atoms with Crippen molar-refractivity contribution in [3.63, 3.8) is 0 Å². The van der Waals surface area contributed by atoms with Crippen LogP contribution in [0.3, 0.4) is 0 Å². The van der Waals surface area contributed by atoms with Crippen molar-refractivity contribution in [2.24, 2.45) is 0 Å². The summed E-state index contributed by atoms with van der Waals surface area (Å²) in [7, 11) is 0. The Morgan fingerprint density at radius 1 is 1.36 bits per heavy atom. The van der Waals surface area contributed by atoms with E-state index in [4.69, 9.17) is 0 Å². The van der Waals surface area contributed by atoms with Gasteiger partial charge in [0.2, 0.25) is 6.41 Å². The highest BCUT2D eigenvalue weighted by molar-refractivity contribution is 5.70. The van der Waals surface area contributed by atoms with Gasteiger partial charge < -0.3 is 5.32 Å². The summed E-state index contributed by atoms with van der Waals surface area (Å²) in [5, 5.41) is 2.11. The third-order valence-electron chi connectivity index (χ3n) is 1.03. The van der Waals surface area contributed by atoms with Gasteiger partial charge in [0, 0.05) is 5.69 Å². The zero-order valence-electron chi connectivity index (χ0n) is 5.40. The molecule has 0 aliphatic carbocycles. The van der Waals surface area contributed by atoms with Crippen molar-refractivity contribution in [2.75, 3.05) is 5.32 Å². The van der Waals surface area contributed by atoms with Gasteiger partial charge in [0.15, 0.2) is 0 Å². The molecule has 4 heteroatoms. The van der Waals surface area contributed by atoms with Crippen molar-refractivity contribution in [3.05, 3.63) is 29.8 Å². The topological polar surface area (TPSA) is 29.1 Å². The molecule has 0 aliphatic rings. The second-order valence-electron chi connectivity index (χ2n) is 1.83. The molecule has 1 rings (SSSR count). The van der Waals surface area contributed by atoms with Crippen LogP contribution in [0, 0.1) is 17.7 Å². The number of halogens is 2. The van der Waals surface area contributed by atoms with Crippen LogP contribution in [0.1, 0.15) is 0 Å². The number of amides is 1. The zero-order valence-corrected chi connectivity index (χ0v) is 5.40. The Morgan fingerprint density at radius 3 is 2.36 bits per heavy atom. The maximum Gasteiger partial charge on any atom is 0.211 e. The van der Waals surface area contributed by atoms with Crippen molar-refractivity contribution in [1.29, 1.82) is 0 Å². The second kappa shape index (κ2) is 3.09. The van der Waals surface area contributed by atoms with Gasteiger partial charge in [-0.1, -0.05) is 0 Å². The maximum atomic E-state index is 12.3. The molecule has 0 saturated heterocycles. The van der Waals surface area contributed by atoms with Crippen LogP contribution in [-0.2, 0) is 4.79 Å². The van der Waals surface area contributed by atoms with Crippen molar-refractivity contribution in [3.8, 4) is 0 Å². The minimum atomic E-state index is -0.839. The Balaban J connectivity index is 2.98. The Kier molecular flexibility index (Phi) is 2.15. The average Bonchev–Trinajstić information content (AvgIpc) is 1.85. The highest BCUT2D eigenvalue weighted by Crippen LogP contribution is 2.10. The number of hydrogen-bond acceptors (Lipinski definition) is 1. The van der Waals surface area contributed by atoms with E-state index in [1.807, 2.05) is 0 Å². The van der Waals surface area contributed by atoms with Crippen molar-refractivity contribution in [1.82, 2.24) is 0 Å². The smallest absolute Gasteiger partial charge is 0.211 e. The van der Waals surface area contributed by atoms with Gasteiger partial charge in [-0.15, -0.1) is 0 Å². The van der Waals surface area contributed by atoms with Crippen molar-refractivity contribution >= 4 is 12.1 Å². The number of rotatable bonds is 2. The molecule has 0 unspecified atom stereocenters. The van der Waals surface area contributed by atoms with E-state index < -0.39 is 11.6 Å². The SMILES string of the molecule is O=CNc1cc(F)[c]c(F)c1. The molecule has 1 amide bonds. The van der Waals surface area contributed by atoms with E-state index >= 15 is 0 Å². The Hall–Kier alpha value is -1.45. The molecule has 0 aliphatic heterocycles. The first kappa shape index (κ1) is 7.65. The quantitative estimate of drug-likeness (QED) is 0.643. The lowest BCUT2D eigenvalue weighted by Gasteiger charge is -1.96. The van der Waals surface area contributed by atoms with Gasteiger partial charge in [0.1, 0.15) is 11.6 Å². The van der Waals surface area contributed by atoms with E-state index in [1.54, 1.807) is 6.07 Å². The van der Waals surface area contributed by atoms with Crippen molar-refractivity contribution < 1.29 is 13.6 Å². The highest BCUT2D eigenvalue weighted by Gasteiger charge is 1.98. The molecule has 11 heavy (non-hydrogen) atoms. The largest absolute Gasteiger partial charge is 0.328 e. The summed E-state index contributed by atoms with van der Waals surface area (Å²) >= 11 is 0. The summed E-state index contributed by atoms with van der Waals surface area (Å²) in [5.74, 6) is -1.68. The van der Waals surface area contributed by atoms with Crippen LogP contribution < -0.4 is 5.32 Å². The van der Waals surface area contributed by atoms with E-state index in [0.717, 1.165) is 12.1 Å². The van der Waals surface area contributed by atoms with E-state index in [2.05, 4.69) is 5.32 Å². The van der Waals surface area contributed by atoms with Crippen LogP contribution in [0.2, 0.25) is 0 Å². The van der Waals surface area contributed by atoms with Gasteiger partial charge in [-0.3, -0.25) is 4.79 Å². The van der Waals surface area contributed by atoms with Crippen molar-refractivity contribution in [2.45, 2.75) is 0 Å². The summed E-state index contributed by atoms with van der Waals surface area (Å²) in [6.07, 6.45) is 0.341. The van der Waals surface area contributed by atoms with E-state index in [1.165, 1.54) is 0 Å². The molecule has 1 aromatic rings. The Labute approximate surface area is 61.8 Å². The minimum absolute atomic E-state index is 0.0775. The lowest BCUT2D eigenvalue weighted by atomic mass is 10.3. The number of nitrogens with one attached hydrogen (secondary N) is 1. The third-order valence-corrected chi connectivity index (χ3v) is 1.03. The van der Waals surface area contributed by atoms with Gasteiger partial charge in [0.25, 0.3) is 0 Å². The first-order valence-electron chi connectivity index (χ1n) is 2.81. The fraction of sp³-hybridized carbons (Fsp3) is 0. The van der Waals surface area contributed by atoms with Gasteiger partial charge in [0.05, 0.1) is 6.07 Å². The van der Waals surface area contributed by atoms with Crippen LogP contribution in [-0.4, -0.2) is 6.41 Å². The molecule has 1 aromatic carbocycles. The molecule has 2 nitrogen and oxygen atoms in total. The Bertz CT molecular complexity index is 255. The molecule has 1 N–H and O–H groups in total.